The van der Waals surface area contributed by atoms with Gasteiger partial charge in [0.25, 0.3) is 11.1 Å². The van der Waals surface area contributed by atoms with E-state index < -0.39 is 0 Å². The van der Waals surface area contributed by atoms with Crippen molar-refractivity contribution in [3.8, 4) is 10.8 Å². The summed E-state index contributed by atoms with van der Waals surface area (Å²) >= 11 is 2.78. The number of aromatic nitrogens is 2. The van der Waals surface area contributed by atoms with Crippen molar-refractivity contribution in [1.29, 1.82) is 0 Å². The summed E-state index contributed by atoms with van der Waals surface area (Å²) in [7, 11) is 0. The summed E-state index contributed by atoms with van der Waals surface area (Å²) < 4.78 is 5.65. The van der Waals surface area contributed by atoms with Crippen LogP contribution in [0.2, 0.25) is 0 Å². The molecule has 1 aliphatic rings. The van der Waals surface area contributed by atoms with Crippen LogP contribution in [-0.2, 0) is 11.2 Å². The number of anilines is 1. The molecule has 6 nitrogen and oxygen atoms in total. The van der Waals surface area contributed by atoms with Crippen LogP contribution in [0.1, 0.15) is 29.8 Å². The Balaban J connectivity index is 1.48. The lowest BCUT2D eigenvalue weighted by molar-refractivity contribution is -0.116. The van der Waals surface area contributed by atoms with Gasteiger partial charge in [0, 0.05) is 24.7 Å². The molecule has 1 amide bonds. The summed E-state index contributed by atoms with van der Waals surface area (Å²) in [5, 5.41) is 10.0. The van der Waals surface area contributed by atoms with E-state index in [-0.39, 0.29) is 16.9 Å². The van der Waals surface area contributed by atoms with Gasteiger partial charge in [0.2, 0.25) is 5.91 Å². The lowest BCUT2D eigenvalue weighted by Gasteiger charge is -2.15. The third-order valence-electron chi connectivity index (χ3n) is 4.42. The Bertz CT molecular complexity index is 998. The molecule has 2 aromatic heterocycles. The van der Waals surface area contributed by atoms with E-state index in [1.165, 1.54) is 23.1 Å². The number of thioether (sulfide) groups is 1. The van der Waals surface area contributed by atoms with Gasteiger partial charge >= 0.3 is 0 Å². The molecular formula is C19H17N3O3S2. The van der Waals surface area contributed by atoms with E-state index in [0.717, 1.165) is 22.5 Å². The van der Waals surface area contributed by atoms with Crippen LogP contribution in [-0.4, -0.2) is 33.7 Å². The second kappa shape index (κ2) is 7.28. The number of hydrogen-bond acceptors (Lipinski definition) is 7. The van der Waals surface area contributed by atoms with Gasteiger partial charge in [-0.2, -0.15) is 0 Å². The molecule has 0 saturated carbocycles. The summed E-state index contributed by atoms with van der Waals surface area (Å²) in [6, 6.07) is 9.36. The molecule has 0 spiro atoms. The zero-order valence-electron chi connectivity index (χ0n) is 14.8. The highest BCUT2D eigenvalue weighted by Crippen LogP contribution is 2.32. The van der Waals surface area contributed by atoms with Gasteiger partial charge in [-0.05, 0) is 48.6 Å². The van der Waals surface area contributed by atoms with Crippen molar-refractivity contribution in [2.45, 2.75) is 30.7 Å². The summed E-state index contributed by atoms with van der Waals surface area (Å²) in [6.07, 6.45) is 0.769. The van der Waals surface area contributed by atoms with Crippen LogP contribution < -0.4 is 4.90 Å². The minimum absolute atomic E-state index is 0.0000476. The molecule has 27 heavy (non-hydrogen) atoms. The molecule has 0 radical (unpaired) electrons. The molecule has 3 aromatic rings. The smallest absolute Gasteiger partial charge is 0.277 e. The van der Waals surface area contributed by atoms with Gasteiger partial charge in [0.1, 0.15) is 0 Å². The van der Waals surface area contributed by atoms with E-state index in [0.29, 0.717) is 23.2 Å². The van der Waals surface area contributed by atoms with Crippen LogP contribution in [0.5, 0.6) is 0 Å². The molecule has 1 aliphatic heterocycles. The number of thiophene rings is 1. The monoisotopic (exact) mass is 399 g/mol. The Hall–Kier alpha value is -2.45. The zero-order valence-corrected chi connectivity index (χ0v) is 16.5. The molecule has 0 aliphatic carbocycles. The minimum atomic E-state index is -0.356. The van der Waals surface area contributed by atoms with Crippen molar-refractivity contribution in [3.05, 3.63) is 46.8 Å². The Labute approximate surface area is 164 Å². The summed E-state index contributed by atoms with van der Waals surface area (Å²) in [5.41, 5.74) is 2.57. The van der Waals surface area contributed by atoms with Gasteiger partial charge < -0.3 is 9.32 Å². The highest BCUT2D eigenvalue weighted by atomic mass is 32.2. The fourth-order valence-corrected chi connectivity index (χ4v) is 4.48. The quantitative estimate of drug-likeness (QED) is 0.475. The van der Waals surface area contributed by atoms with Crippen molar-refractivity contribution in [1.82, 2.24) is 10.2 Å². The maximum absolute atomic E-state index is 12.8. The lowest BCUT2D eigenvalue weighted by atomic mass is 10.0. The van der Waals surface area contributed by atoms with Crippen molar-refractivity contribution < 1.29 is 14.0 Å². The third-order valence-corrected chi connectivity index (χ3v) is 6.22. The van der Waals surface area contributed by atoms with Crippen LogP contribution in [0, 0.1) is 0 Å². The highest BCUT2D eigenvalue weighted by Gasteiger charge is 2.25. The zero-order chi connectivity index (χ0) is 19.0. The molecule has 0 saturated heterocycles. The molecular weight excluding hydrogens is 382 g/mol. The predicted octanol–water partition coefficient (Wildman–Crippen LogP) is 4.07. The van der Waals surface area contributed by atoms with E-state index in [4.69, 9.17) is 4.42 Å². The van der Waals surface area contributed by atoms with Crippen molar-refractivity contribution in [2.75, 3.05) is 11.4 Å². The number of amides is 1. The topological polar surface area (TPSA) is 76.3 Å². The number of carbonyl (C=O) groups is 2. The fraction of sp³-hybridized carbons (Fsp3) is 0.263. The van der Waals surface area contributed by atoms with Crippen LogP contribution >= 0.6 is 23.1 Å². The van der Waals surface area contributed by atoms with E-state index in [2.05, 4.69) is 10.2 Å². The third kappa shape index (κ3) is 3.54. The van der Waals surface area contributed by atoms with Gasteiger partial charge in [-0.15, -0.1) is 21.5 Å². The second-order valence-corrected chi connectivity index (χ2v) is 8.48. The Morgan fingerprint density at radius 1 is 1.30 bits per heavy atom. The molecule has 1 unspecified atom stereocenters. The maximum atomic E-state index is 12.8. The normalized spacial score (nSPS) is 14.2. The SMILES string of the molecule is CC(=O)N1CCc2cc(C(=O)C(C)Sc3nnc(-c4cccs4)o3)ccc21. The van der Waals surface area contributed by atoms with E-state index in [9.17, 15) is 9.59 Å². The van der Waals surface area contributed by atoms with Crippen molar-refractivity contribution >= 4 is 40.5 Å². The number of rotatable bonds is 5. The van der Waals surface area contributed by atoms with Crippen molar-refractivity contribution in [3.63, 3.8) is 0 Å². The number of carbonyl (C=O) groups excluding carboxylic acids is 2. The first-order valence-corrected chi connectivity index (χ1v) is 10.3. The first-order valence-electron chi connectivity index (χ1n) is 8.52. The van der Waals surface area contributed by atoms with E-state index in [1.54, 1.807) is 17.9 Å². The Kier molecular flexibility index (Phi) is 4.84. The summed E-state index contributed by atoms with van der Waals surface area (Å²) in [5.74, 6) is 0.489. The van der Waals surface area contributed by atoms with Gasteiger partial charge in [-0.1, -0.05) is 17.8 Å². The van der Waals surface area contributed by atoms with Crippen LogP contribution in [0.15, 0.2) is 45.4 Å². The number of ketones is 1. The Morgan fingerprint density at radius 3 is 2.89 bits per heavy atom. The number of benzene rings is 1. The summed E-state index contributed by atoms with van der Waals surface area (Å²) in [4.78, 5) is 27.1. The van der Waals surface area contributed by atoms with Gasteiger partial charge in [-0.25, -0.2) is 0 Å². The average Bonchev–Trinajstić information content (AvgIpc) is 3.39. The average molecular weight is 399 g/mol. The van der Waals surface area contributed by atoms with Gasteiger partial charge in [0.15, 0.2) is 5.78 Å². The highest BCUT2D eigenvalue weighted by molar-refractivity contribution is 8.00. The molecule has 4 rings (SSSR count). The van der Waals surface area contributed by atoms with Crippen molar-refractivity contribution in [2.24, 2.45) is 0 Å². The maximum Gasteiger partial charge on any atom is 0.277 e. The molecule has 3 heterocycles. The van der Waals surface area contributed by atoms with E-state index >= 15 is 0 Å². The summed E-state index contributed by atoms with van der Waals surface area (Å²) in [6.45, 7) is 4.05. The molecule has 1 atom stereocenters. The molecule has 138 valence electrons. The molecule has 8 heteroatoms. The van der Waals surface area contributed by atoms with Gasteiger partial charge in [-0.3, -0.25) is 9.59 Å². The van der Waals surface area contributed by atoms with Crippen LogP contribution in [0.25, 0.3) is 10.8 Å². The molecule has 1 aromatic carbocycles. The first-order chi connectivity index (χ1) is 13.0. The van der Waals surface area contributed by atoms with Crippen LogP contribution in [0.3, 0.4) is 0 Å². The number of Topliss-reactive ketones (excluding diaryl/α,β-unsaturated/α-hetero) is 1. The standard InChI is InChI=1S/C19H17N3O3S2/c1-11(27-19-21-20-18(25-19)16-4-3-9-26-16)17(24)14-5-6-15-13(10-14)7-8-22(15)12(2)23/h3-6,9-11H,7-8H2,1-2H3. The number of fused-ring (bicyclic) bond motifs is 1. The number of nitrogens with zero attached hydrogens (tertiary/aromatic N) is 3. The predicted molar refractivity (Wildman–Crippen MR) is 105 cm³/mol. The number of hydrogen-bond donors (Lipinski definition) is 0. The fourth-order valence-electron chi connectivity index (χ4n) is 3.08. The first kappa shape index (κ1) is 17.9. The van der Waals surface area contributed by atoms with E-state index in [1.807, 2.05) is 36.6 Å². The minimum Gasteiger partial charge on any atom is -0.410 e. The molecule has 0 N–H and O–H groups in total. The lowest BCUT2D eigenvalue weighted by Crippen LogP contribution is -2.25. The largest absolute Gasteiger partial charge is 0.410 e. The molecule has 0 fully saturated rings. The molecule has 0 bridgehead atoms. The van der Waals surface area contributed by atoms with Crippen LogP contribution in [0.4, 0.5) is 5.69 Å². The van der Waals surface area contributed by atoms with Gasteiger partial charge in [0.05, 0.1) is 10.1 Å². The second-order valence-electron chi connectivity index (χ2n) is 6.24. The Morgan fingerprint density at radius 2 is 2.15 bits per heavy atom.